The molecule has 0 aliphatic carbocycles. The van der Waals surface area contributed by atoms with Crippen molar-refractivity contribution in [2.75, 3.05) is 18.5 Å². The van der Waals surface area contributed by atoms with E-state index < -0.39 is 0 Å². The van der Waals surface area contributed by atoms with Crippen LogP contribution in [-0.2, 0) is 7.05 Å². The second-order valence-corrected chi connectivity index (χ2v) is 5.37. The van der Waals surface area contributed by atoms with Crippen molar-refractivity contribution in [3.05, 3.63) is 18.6 Å². The Morgan fingerprint density at radius 1 is 1.39 bits per heavy atom. The summed E-state index contributed by atoms with van der Waals surface area (Å²) in [5.41, 5.74) is 1.99. The van der Waals surface area contributed by atoms with E-state index in [0.717, 1.165) is 29.8 Å². The average Bonchev–Trinajstić information content (AvgIpc) is 2.69. The van der Waals surface area contributed by atoms with Crippen LogP contribution in [0.15, 0.2) is 18.6 Å². The van der Waals surface area contributed by atoms with E-state index in [2.05, 4.69) is 29.1 Å². The monoisotopic (exact) mass is 248 g/mol. The van der Waals surface area contributed by atoms with E-state index in [1.54, 1.807) is 12.5 Å². The van der Waals surface area contributed by atoms with Gasteiger partial charge in [0.1, 0.15) is 5.52 Å². The largest absolute Gasteiger partial charge is 0.396 e. The van der Waals surface area contributed by atoms with Crippen molar-refractivity contribution in [2.24, 2.45) is 12.5 Å². The molecule has 0 spiro atoms. The minimum absolute atomic E-state index is 0.0351. The van der Waals surface area contributed by atoms with Crippen LogP contribution in [0.25, 0.3) is 11.0 Å². The third-order valence-electron chi connectivity index (χ3n) is 3.17. The lowest BCUT2D eigenvalue weighted by Gasteiger charge is -2.24. The molecule has 2 heterocycles. The molecule has 0 saturated heterocycles. The van der Waals surface area contributed by atoms with Gasteiger partial charge in [-0.15, -0.1) is 0 Å². The lowest BCUT2D eigenvalue weighted by Crippen LogP contribution is -2.24. The maximum absolute atomic E-state index is 9.02. The predicted octanol–water partition coefficient (Wildman–Crippen LogP) is 1.79. The Morgan fingerprint density at radius 2 is 2.17 bits per heavy atom. The van der Waals surface area contributed by atoms with Gasteiger partial charge in [-0.25, -0.2) is 9.97 Å². The minimum atomic E-state index is 0.0351. The summed E-state index contributed by atoms with van der Waals surface area (Å²) in [6.07, 6.45) is 4.33. The molecule has 0 fully saturated rings. The molecule has 0 bridgehead atoms. The van der Waals surface area contributed by atoms with Gasteiger partial charge in [0.05, 0.1) is 11.8 Å². The molecule has 0 amide bonds. The van der Waals surface area contributed by atoms with E-state index >= 15 is 0 Å². The van der Waals surface area contributed by atoms with E-state index in [-0.39, 0.29) is 12.0 Å². The number of hydrogen-bond acceptors (Lipinski definition) is 4. The zero-order valence-electron chi connectivity index (χ0n) is 11.1. The van der Waals surface area contributed by atoms with E-state index in [0.29, 0.717) is 0 Å². The topological polar surface area (TPSA) is 63.0 Å². The molecule has 2 N–H and O–H groups in total. The Balaban J connectivity index is 2.17. The van der Waals surface area contributed by atoms with Crippen molar-refractivity contribution in [2.45, 2.75) is 20.3 Å². The number of nitrogens with one attached hydrogen (secondary N) is 1. The van der Waals surface area contributed by atoms with Crippen molar-refractivity contribution in [1.82, 2.24) is 14.5 Å². The molecule has 0 radical (unpaired) electrons. The van der Waals surface area contributed by atoms with Gasteiger partial charge in [-0.05, 0) is 17.9 Å². The summed E-state index contributed by atoms with van der Waals surface area (Å²) in [5.74, 6) is 0.805. The highest BCUT2D eigenvalue weighted by atomic mass is 16.3. The van der Waals surface area contributed by atoms with Crippen LogP contribution >= 0.6 is 0 Å². The normalized spacial score (nSPS) is 12.0. The summed E-state index contributed by atoms with van der Waals surface area (Å²) in [5, 5.41) is 12.3. The summed E-state index contributed by atoms with van der Waals surface area (Å²) >= 11 is 0. The third kappa shape index (κ3) is 2.61. The molecular weight excluding hydrogens is 228 g/mol. The molecule has 2 aromatic rings. The zero-order valence-corrected chi connectivity index (χ0v) is 11.1. The van der Waals surface area contributed by atoms with Crippen molar-refractivity contribution < 1.29 is 5.11 Å². The van der Waals surface area contributed by atoms with Crippen LogP contribution in [0.4, 0.5) is 5.82 Å². The number of aromatic nitrogens is 3. The molecular formula is C13H20N4O. The summed E-state index contributed by atoms with van der Waals surface area (Å²) in [7, 11) is 1.97. The van der Waals surface area contributed by atoms with E-state index in [4.69, 9.17) is 5.11 Å². The highest BCUT2D eigenvalue weighted by molar-refractivity contribution is 5.85. The van der Waals surface area contributed by atoms with Gasteiger partial charge in [0, 0.05) is 26.4 Å². The van der Waals surface area contributed by atoms with E-state index in [1.807, 2.05) is 17.7 Å². The van der Waals surface area contributed by atoms with Crippen LogP contribution < -0.4 is 5.32 Å². The van der Waals surface area contributed by atoms with Gasteiger partial charge in [0.2, 0.25) is 0 Å². The van der Waals surface area contributed by atoms with Gasteiger partial charge >= 0.3 is 0 Å². The van der Waals surface area contributed by atoms with E-state index in [1.165, 1.54) is 0 Å². The molecule has 0 unspecified atom stereocenters. The fourth-order valence-electron chi connectivity index (χ4n) is 1.91. The molecule has 2 aromatic heterocycles. The fraction of sp³-hybridized carbons (Fsp3) is 0.538. The Labute approximate surface area is 107 Å². The fourth-order valence-corrected chi connectivity index (χ4v) is 1.91. The molecule has 98 valence electrons. The van der Waals surface area contributed by atoms with Crippen molar-refractivity contribution in [3.63, 3.8) is 0 Å². The van der Waals surface area contributed by atoms with Crippen molar-refractivity contribution in [1.29, 1.82) is 0 Å². The summed E-state index contributed by atoms with van der Waals surface area (Å²) in [4.78, 5) is 8.69. The van der Waals surface area contributed by atoms with Gasteiger partial charge in [-0.3, -0.25) is 0 Å². The maximum Gasteiger partial charge on any atom is 0.154 e. The molecule has 0 aliphatic rings. The molecule has 0 aromatic carbocycles. The highest BCUT2D eigenvalue weighted by Gasteiger charge is 2.18. The number of aliphatic hydroxyl groups excluding tert-OH is 1. The van der Waals surface area contributed by atoms with Gasteiger partial charge in [0.15, 0.2) is 5.82 Å². The molecule has 5 nitrogen and oxygen atoms in total. The number of pyridine rings is 1. The van der Waals surface area contributed by atoms with Crippen LogP contribution in [0.5, 0.6) is 0 Å². The van der Waals surface area contributed by atoms with Crippen LogP contribution in [-0.4, -0.2) is 32.8 Å². The maximum atomic E-state index is 9.02. The number of hydrogen-bond donors (Lipinski definition) is 2. The van der Waals surface area contributed by atoms with Crippen molar-refractivity contribution in [3.8, 4) is 0 Å². The lowest BCUT2D eigenvalue weighted by molar-refractivity contribution is 0.220. The molecule has 18 heavy (non-hydrogen) atoms. The Kier molecular flexibility index (Phi) is 3.52. The predicted molar refractivity (Wildman–Crippen MR) is 72.5 cm³/mol. The molecule has 0 atom stereocenters. The first-order valence-corrected chi connectivity index (χ1v) is 6.14. The SMILES string of the molecule is Cn1cnc2c(NCC(C)(C)CCO)nccc21. The number of aliphatic hydroxyl groups is 1. The Bertz CT molecular complexity index is 533. The van der Waals surface area contributed by atoms with Crippen LogP contribution in [0, 0.1) is 5.41 Å². The first-order valence-electron chi connectivity index (χ1n) is 6.14. The van der Waals surface area contributed by atoms with Gasteiger partial charge < -0.3 is 15.0 Å². The summed E-state index contributed by atoms with van der Waals surface area (Å²) < 4.78 is 1.97. The first-order chi connectivity index (χ1) is 8.53. The number of anilines is 1. The molecule has 0 aliphatic heterocycles. The molecule has 5 heteroatoms. The molecule has 2 rings (SSSR count). The van der Waals surface area contributed by atoms with Gasteiger partial charge in [-0.1, -0.05) is 13.8 Å². The second kappa shape index (κ2) is 4.94. The lowest BCUT2D eigenvalue weighted by atomic mass is 9.90. The van der Waals surface area contributed by atoms with Gasteiger partial charge in [-0.2, -0.15) is 0 Å². The quantitative estimate of drug-likeness (QED) is 0.846. The van der Waals surface area contributed by atoms with Crippen LogP contribution in [0.2, 0.25) is 0 Å². The Hall–Kier alpha value is -1.62. The number of imidazole rings is 1. The van der Waals surface area contributed by atoms with Crippen LogP contribution in [0.1, 0.15) is 20.3 Å². The zero-order chi connectivity index (χ0) is 13.2. The third-order valence-corrected chi connectivity index (χ3v) is 3.17. The van der Waals surface area contributed by atoms with E-state index in [9.17, 15) is 0 Å². The summed E-state index contributed by atoms with van der Waals surface area (Å²) in [6, 6.07) is 1.95. The smallest absolute Gasteiger partial charge is 0.154 e. The van der Waals surface area contributed by atoms with Crippen LogP contribution in [0.3, 0.4) is 0 Å². The summed E-state index contributed by atoms with van der Waals surface area (Å²) in [6.45, 7) is 5.20. The number of fused-ring (bicyclic) bond motifs is 1. The molecule has 0 saturated carbocycles. The standard InChI is InChI=1S/C13H20N4O/c1-13(2,5-7-18)8-15-12-11-10(4-6-14-12)17(3)9-16-11/h4,6,9,18H,5,7-8H2,1-3H3,(H,14,15). The number of aryl methyl sites for hydroxylation is 1. The minimum Gasteiger partial charge on any atom is -0.396 e. The second-order valence-electron chi connectivity index (χ2n) is 5.37. The average molecular weight is 248 g/mol. The van der Waals surface area contributed by atoms with Crippen molar-refractivity contribution >= 4 is 16.9 Å². The van der Waals surface area contributed by atoms with Gasteiger partial charge in [0.25, 0.3) is 0 Å². The number of rotatable bonds is 5. The highest BCUT2D eigenvalue weighted by Crippen LogP contribution is 2.23. The first kappa shape index (κ1) is 12.8. The number of nitrogens with zero attached hydrogens (tertiary/aromatic N) is 3. The Morgan fingerprint density at radius 3 is 2.89 bits per heavy atom.